The van der Waals surface area contributed by atoms with E-state index in [1.807, 2.05) is 42.5 Å². The van der Waals surface area contributed by atoms with Crippen molar-refractivity contribution in [1.82, 2.24) is 0 Å². The van der Waals surface area contributed by atoms with Crippen LogP contribution in [0.15, 0.2) is 72.8 Å². The average Bonchev–Trinajstić information content (AvgIpc) is 2.80. The standard InChI is InChI=1S/C30H32O2/c1-29(2,25-14-12-20-8-4-6-10-23(20)27(25)31)22-16-18-30(3,19-17-22)26-15-13-21-9-5-7-11-24(21)28(26)32/h4-15,22,31-32H,16-19H2,1-3H3. The van der Waals surface area contributed by atoms with Gasteiger partial charge in [-0.3, -0.25) is 0 Å². The first-order valence-corrected chi connectivity index (χ1v) is 11.7. The molecule has 4 aromatic carbocycles. The van der Waals surface area contributed by atoms with E-state index in [1.165, 1.54) is 0 Å². The van der Waals surface area contributed by atoms with E-state index in [0.717, 1.165) is 58.4 Å². The number of aromatic hydroxyl groups is 2. The molecule has 1 aliphatic carbocycles. The fourth-order valence-corrected chi connectivity index (χ4v) is 5.98. The number of benzene rings is 4. The van der Waals surface area contributed by atoms with E-state index in [0.29, 0.717) is 17.4 Å². The Kier molecular flexibility index (Phi) is 4.93. The fourth-order valence-electron chi connectivity index (χ4n) is 5.98. The SMILES string of the molecule is CC1(c2ccc3ccccc3c2O)CCC(C(C)(C)c2ccc3ccccc3c2O)CC1. The zero-order valence-electron chi connectivity index (χ0n) is 19.2. The van der Waals surface area contributed by atoms with Crippen molar-refractivity contribution in [3.8, 4) is 11.5 Å². The van der Waals surface area contributed by atoms with Crippen molar-refractivity contribution in [2.45, 2.75) is 57.3 Å². The summed E-state index contributed by atoms with van der Waals surface area (Å²) in [4.78, 5) is 0. The van der Waals surface area contributed by atoms with Crippen molar-refractivity contribution >= 4 is 21.5 Å². The highest BCUT2D eigenvalue weighted by atomic mass is 16.3. The van der Waals surface area contributed by atoms with Crippen molar-refractivity contribution < 1.29 is 10.2 Å². The van der Waals surface area contributed by atoms with E-state index in [4.69, 9.17) is 0 Å². The van der Waals surface area contributed by atoms with Gasteiger partial charge in [-0.1, -0.05) is 93.6 Å². The largest absolute Gasteiger partial charge is 0.507 e. The lowest BCUT2D eigenvalue weighted by atomic mass is 9.60. The minimum absolute atomic E-state index is 0.0356. The second kappa shape index (κ2) is 7.55. The molecule has 1 saturated carbocycles. The molecule has 0 spiro atoms. The number of phenols is 2. The first kappa shape index (κ1) is 20.9. The molecule has 0 radical (unpaired) electrons. The quantitative estimate of drug-likeness (QED) is 0.352. The molecule has 32 heavy (non-hydrogen) atoms. The molecule has 0 aliphatic heterocycles. The molecule has 5 rings (SSSR count). The molecule has 1 fully saturated rings. The van der Waals surface area contributed by atoms with Gasteiger partial charge in [0, 0.05) is 21.9 Å². The van der Waals surface area contributed by atoms with Crippen molar-refractivity contribution in [3.05, 3.63) is 83.9 Å². The summed E-state index contributed by atoms with van der Waals surface area (Å²) in [6.07, 6.45) is 4.20. The topological polar surface area (TPSA) is 40.5 Å². The smallest absolute Gasteiger partial charge is 0.127 e. The summed E-state index contributed by atoms with van der Waals surface area (Å²) in [6.45, 7) is 6.85. The molecule has 0 unspecified atom stereocenters. The summed E-state index contributed by atoms with van der Waals surface area (Å²) in [5.41, 5.74) is 1.95. The number of phenolic OH excluding ortho intramolecular Hbond substituents is 2. The molecule has 0 heterocycles. The second-order valence-electron chi connectivity index (χ2n) is 10.4. The number of rotatable bonds is 3. The minimum atomic E-state index is -0.124. The molecule has 164 valence electrons. The van der Waals surface area contributed by atoms with Crippen LogP contribution in [-0.4, -0.2) is 10.2 Å². The summed E-state index contributed by atoms with van der Waals surface area (Å²) in [5, 5.41) is 26.2. The maximum Gasteiger partial charge on any atom is 0.127 e. The van der Waals surface area contributed by atoms with E-state index in [9.17, 15) is 10.2 Å². The van der Waals surface area contributed by atoms with Gasteiger partial charge < -0.3 is 10.2 Å². The molecule has 0 bridgehead atoms. The Balaban J connectivity index is 1.43. The van der Waals surface area contributed by atoms with Gasteiger partial charge in [0.1, 0.15) is 11.5 Å². The first-order chi connectivity index (χ1) is 15.3. The van der Waals surface area contributed by atoms with Gasteiger partial charge in [0.25, 0.3) is 0 Å². The van der Waals surface area contributed by atoms with Crippen LogP contribution >= 0.6 is 0 Å². The summed E-state index contributed by atoms with van der Waals surface area (Å²) >= 11 is 0. The average molecular weight is 425 g/mol. The van der Waals surface area contributed by atoms with Gasteiger partial charge in [-0.2, -0.15) is 0 Å². The molecule has 2 heteroatoms. The molecular formula is C30H32O2. The summed E-state index contributed by atoms with van der Waals surface area (Å²) in [5.74, 6) is 1.34. The van der Waals surface area contributed by atoms with E-state index < -0.39 is 0 Å². The van der Waals surface area contributed by atoms with Crippen LogP contribution in [0.25, 0.3) is 21.5 Å². The van der Waals surface area contributed by atoms with Gasteiger partial charge in [-0.15, -0.1) is 0 Å². The van der Waals surface area contributed by atoms with Gasteiger partial charge in [-0.25, -0.2) is 0 Å². The zero-order chi connectivity index (χ0) is 22.5. The van der Waals surface area contributed by atoms with Crippen molar-refractivity contribution in [3.63, 3.8) is 0 Å². The molecular weight excluding hydrogens is 392 g/mol. The molecule has 1 aliphatic rings. The Morgan fingerprint density at radius 3 is 1.88 bits per heavy atom. The van der Waals surface area contributed by atoms with Crippen LogP contribution in [0.3, 0.4) is 0 Å². The lowest BCUT2D eigenvalue weighted by Gasteiger charge is -2.44. The number of hydrogen-bond acceptors (Lipinski definition) is 2. The van der Waals surface area contributed by atoms with E-state index in [1.54, 1.807) is 0 Å². The normalized spacial score (nSPS) is 21.8. The molecule has 0 aromatic heterocycles. The zero-order valence-corrected chi connectivity index (χ0v) is 19.2. The maximum atomic E-state index is 11.1. The molecule has 4 aromatic rings. The Labute approximate surface area is 190 Å². The summed E-state index contributed by atoms with van der Waals surface area (Å²) in [6, 6.07) is 24.6. The van der Waals surface area contributed by atoms with E-state index in [2.05, 4.69) is 51.1 Å². The van der Waals surface area contributed by atoms with Crippen LogP contribution in [-0.2, 0) is 10.8 Å². The van der Waals surface area contributed by atoms with Crippen molar-refractivity contribution in [2.24, 2.45) is 5.92 Å². The predicted octanol–water partition coefficient (Wildman–Crippen LogP) is 7.83. The molecule has 0 saturated heterocycles. The second-order valence-corrected chi connectivity index (χ2v) is 10.4. The third-order valence-electron chi connectivity index (χ3n) is 8.26. The van der Waals surface area contributed by atoms with Crippen molar-refractivity contribution in [1.29, 1.82) is 0 Å². The molecule has 2 N–H and O–H groups in total. The van der Waals surface area contributed by atoms with Gasteiger partial charge >= 0.3 is 0 Å². The monoisotopic (exact) mass is 424 g/mol. The van der Waals surface area contributed by atoms with Gasteiger partial charge in [0.15, 0.2) is 0 Å². The Bertz CT molecular complexity index is 1290. The van der Waals surface area contributed by atoms with Gasteiger partial charge in [0.05, 0.1) is 0 Å². The molecule has 2 nitrogen and oxygen atoms in total. The van der Waals surface area contributed by atoms with Crippen LogP contribution in [0, 0.1) is 5.92 Å². The lowest BCUT2D eigenvalue weighted by molar-refractivity contribution is 0.174. The first-order valence-electron chi connectivity index (χ1n) is 11.7. The van der Waals surface area contributed by atoms with Crippen LogP contribution in [0.2, 0.25) is 0 Å². The summed E-state index contributed by atoms with van der Waals surface area (Å²) < 4.78 is 0. The van der Waals surface area contributed by atoms with Crippen LogP contribution in [0.1, 0.15) is 57.6 Å². The minimum Gasteiger partial charge on any atom is -0.507 e. The molecule has 0 amide bonds. The Hall–Kier alpha value is -3.00. The summed E-state index contributed by atoms with van der Waals surface area (Å²) in [7, 11) is 0. The van der Waals surface area contributed by atoms with Crippen molar-refractivity contribution in [2.75, 3.05) is 0 Å². The van der Waals surface area contributed by atoms with Gasteiger partial charge in [0.2, 0.25) is 0 Å². The number of hydrogen-bond donors (Lipinski definition) is 2. The Morgan fingerprint density at radius 2 is 1.25 bits per heavy atom. The van der Waals surface area contributed by atoms with Gasteiger partial charge in [-0.05, 0) is 53.2 Å². The molecule has 0 atom stereocenters. The highest BCUT2D eigenvalue weighted by Crippen LogP contribution is 2.52. The Morgan fingerprint density at radius 1 is 0.719 bits per heavy atom. The van der Waals surface area contributed by atoms with Crippen LogP contribution < -0.4 is 0 Å². The third kappa shape index (κ3) is 3.24. The highest BCUT2D eigenvalue weighted by molar-refractivity contribution is 5.90. The van der Waals surface area contributed by atoms with Crippen LogP contribution in [0.4, 0.5) is 0 Å². The lowest BCUT2D eigenvalue weighted by Crippen LogP contribution is -2.37. The van der Waals surface area contributed by atoms with E-state index >= 15 is 0 Å². The maximum absolute atomic E-state index is 11.1. The van der Waals surface area contributed by atoms with E-state index in [-0.39, 0.29) is 10.8 Å². The predicted molar refractivity (Wildman–Crippen MR) is 134 cm³/mol. The fraction of sp³-hybridized carbons (Fsp3) is 0.333. The number of fused-ring (bicyclic) bond motifs is 2. The van der Waals surface area contributed by atoms with Crippen LogP contribution in [0.5, 0.6) is 11.5 Å². The highest BCUT2D eigenvalue weighted by Gasteiger charge is 2.41. The third-order valence-corrected chi connectivity index (χ3v) is 8.26.